The summed E-state index contributed by atoms with van der Waals surface area (Å²) >= 11 is 6.09. The van der Waals surface area contributed by atoms with Crippen LogP contribution in [0.2, 0.25) is 5.02 Å². The highest BCUT2D eigenvalue weighted by Crippen LogP contribution is 2.27. The summed E-state index contributed by atoms with van der Waals surface area (Å²) in [4.78, 5) is 8.70. The van der Waals surface area contributed by atoms with Gasteiger partial charge in [-0.1, -0.05) is 29.3 Å². The number of hydrogen-bond acceptors (Lipinski definition) is 4. The molecule has 2 aromatic carbocycles. The molecular formula is C19H19ClN4O2. The number of aromatic nitrogens is 1. The molecule has 0 saturated heterocycles. The Labute approximate surface area is 156 Å². The maximum Gasteiger partial charge on any atom is 0.226 e. The van der Waals surface area contributed by atoms with Crippen LogP contribution < -0.4 is 15.8 Å². The van der Waals surface area contributed by atoms with Gasteiger partial charge in [-0.25, -0.2) is 9.98 Å². The molecule has 0 aliphatic carbocycles. The Bertz CT molecular complexity index is 920. The highest BCUT2D eigenvalue weighted by molar-refractivity contribution is 6.32. The quantitative estimate of drug-likeness (QED) is 0.518. The number of nitrogens with two attached hydrogens (primary N) is 1. The zero-order valence-electron chi connectivity index (χ0n) is 14.5. The average Bonchev–Trinajstić information content (AvgIpc) is 3.10. The summed E-state index contributed by atoms with van der Waals surface area (Å²) in [6, 6.07) is 13.2. The smallest absolute Gasteiger partial charge is 0.226 e. The summed E-state index contributed by atoms with van der Waals surface area (Å²) in [5.41, 5.74) is 9.43. The number of aryl methyl sites for hydroxylation is 1. The van der Waals surface area contributed by atoms with Gasteiger partial charge in [0.1, 0.15) is 17.7 Å². The Hall–Kier alpha value is -2.99. The van der Waals surface area contributed by atoms with Crippen molar-refractivity contribution in [3.63, 3.8) is 0 Å². The van der Waals surface area contributed by atoms with Crippen LogP contribution in [0.5, 0.6) is 5.75 Å². The molecule has 1 heterocycles. The summed E-state index contributed by atoms with van der Waals surface area (Å²) in [6.07, 6.45) is 1.58. The molecule has 134 valence electrons. The number of hydrogen-bond donors (Lipinski definition) is 2. The second-order valence-corrected chi connectivity index (χ2v) is 6.09. The van der Waals surface area contributed by atoms with Gasteiger partial charge in [-0.3, -0.25) is 0 Å². The Morgan fingerprint density at radius 3 is 2.73 bits per heavy atom. The first kappa shape index (κ1) is 17.8. The average molecular weight is 371 g/mol. The molecule has 0 spiro atoms. The van der Waals surface area contributed by atoms with Crippen LogP contribution in [-0.2, 0) is 6.54 Å². The van der Waals surface area contributed by atoms with E-state index in [-0.39, 0.29) is 5.96 Å². The van der Waals surface area contributed by atoms with Crippen molar-refractivity contribution in [2.75, 3.05) is 12.4 Å². The van der Waals surface area contributed by atoms with E-state index in [0.717, 1.165) is 11.3 Å². The van der Waals surface area contributed by atoms with Crippen LogP contribution >= 0.6 is 11.6 Å². The van der Waals surface area contributed by atoms with E-state index in [1.165, 1.54) is 5.56 Å². The predicted molar refractivity (Wildman–Crippen MR) is 104 cm³/mol. The molecule has 0 saturated carbocycles. The van der Waals surface area contributed by atoms with Crippen molar-refractivity contribution >= 4 is 23.2 Å². The number of anilines is 1. The van der Waals surface area contributed by atoms with Crippen molar-refractivity contribution < 1.29 is 9.15 Å². The monoisotopic (exact) mass is 370 g/mol. The van der Waals surface area contributed by atoms with Crippen molar-refractivity contribution in [3.05, 3.63) is 65.0 Å². The van der Waals surface area contributed by atoms with Gasteiger partial charge in [-0.05, 0) is 37.3 Å². The number of aliphatic imine (C=N–C) groups is 1. The molecule has 1 aromatic heterocycles. The Kier molecular flexibility index (Phi) is 5.43. The third kappa shape index (κ3) is 4.34. The fourth-order valence-electron chi connectivity index (χ4n) is 2.31. The lowest BCUT2D eigenvalue weighted by atomic mass is 10.1. The summed E-state index contributed by atoms with van der Waals surface area (Å²) in [5, 5.41) is 3.47. The molecule has 6 nitrogen and oxygen atoms in total. The van der Waals surface area contributed by atoms with Gasteiger partial charge in [-0.15, -0.1) is 0 Å². The number of nitrogens with one attached hydrogen (secondary N) is 1. The van der Waals surface area contributed by atoms with Crippen LogP contribution in [0.1, 0.15) is 11.3 Å². The van der Waals surface area contributed by atoms with Crippen molar-refractivity contribution in [1.82, 2.24) is 4.98 Å². The predicted octanol–water partition coefficient (Wildman–Crippen LogP) is 4.24. The molecule has 0 amide bonds. The number of nitrogens with zero attached hydrogens (tertiary/aromatic N) is 2. The molecule has 3 aromatic rings. The topological polar surface area (TPSA) is 85.7 Å². The number of benzene rings is 2. The lowest BCUT2D eigenvalue weighted by Crippen LogP contribution is -2.22. The van der Waals surface area contributed by atoms with E-state index in [0.29, 0.717) is 28.9 Å². The maximum absolute atomic E-state index is 6.09. The number of oxazole rings is 1. The van der Waals surface area contributed by atoms with Gasteiger partial charge in [0.05, 0.1) is 18.7 Å². The standard InChI is InChI=1S/C19H19ClN4O2/c1-12-3-5-13(6-4-12)18-23-15(11-26-18)10-22-19(21)24-14-7-8-17(25-2)16(20)9-14/h3-9,11H,10H2,1-2H3,(H3,21,22,24). The minimum atomic E-state index is 0.256. The van der Waals surface area contributed by atoms with Gasteiger partial charge in [0.25, 0.3) is 0 Å². The molecule has 0 atom stereocenters. The highest BCUT2D eigenvalue weighted by atomic mass is 35.5. The van der Waals surface area contributed by atoms with E-state index in [2.05, 4.69) is 15.3 Å². The molecule has 0 fully saturated rings. The Morgan fingerprint density at radius 2 is 2.04 bits per heavy atom. The van der Waals surface area contributed by atoms with E-state index in [9.17, 15) is 0 Å². The lowest BCUT2D eigenvalue weighted by molar-refractivity contribution is 0.415. The normalized spacial score (nSPS) is 11.4. The van der Waals surface area contributed by atoms with Crippen LogP contribution in [0.25, 0.3) is 11.5 Å². The zero-order chi connectivity index (χ0) is 18.5. The van der Waals surface area contributed by atoms with Crippen LogP contribution in [0.4, 0.5) is 5.69 Å². The Morgan fingerprint density at radius 1 is 1.27 bits per heavy atom. The molecule has 3 rings (SSSR count). The molecule has 26 heavy (non-hydrogen) atoms. The summed E-state index contributed by atoms with van der Waals surface area (Å²) in [7, 11) is 1.56. The van der Waals surface area contributed by atoms with Crippen LogP contribution in [-0.4, -0.2) is 18.1 Å². The number of guanidine groups is 1. The summed E-state index contributed by atoms with van der Waals surface area (Å²) < 4.78 is 10.6. The molecule has 3 N–H and O–H groups in total. The van der Waals surface area contributed by atoms with Gasteiger partial charge in [0.2, 0.25) is 5.89 Å². The first-order chi connectivity index (χ1) is 12.5. The van der Waals surface area contributed by atoms with Gasteiger partial charge in [-0.2, -0.15) is 0 Å². The first-order valence-electron chi connectivity index (χ1n) is 7.97. The van der Waals surface area contributed by atoms with Crippen LogP contribution in [0, 0.1) is 6.92 Å². The SMILES string of the molecule is COc1ccc(NC(N)=NCc2coc(-c3ccc(C)cc3)n2)cc1Cl. The van der Waals surface area contributed by atoms with Crippen molar-refractivity contribution in [1.29, 1.82) is 0 Å². The molecule has 0 aliphatic rings. The highest BCUT2D eigenvalue weighted by Gasteiger charge is 2.07. The minimum absolute atomic E-state index is 0.256. The lowest BCUT2D eigenvalue weighted by Gasteiger charge is -2.08. The number of rotatable bonds is 5. The third-order valence-corrected chi connectivity index (χ3v) is 3.98. The fraction of sp³-hybridized carbons (Fsp3) is 0.158. The second kappa shape index (κ2) is 7.93. The molecule has 7 heteroatoms. The van der Waals surface area contributed by atoms with Gasteiger partial charge < -0.3 is 20.2 Å². The van der Waals surface area contributed by atoms with E-state index in [4.69, 9.17) is 26.5 Å². The first-order valence-corrected chi connectivity index (χ1v) is 8.35. The summed E-state index contributed by atoms with van der Waals surface area (Å²) in [5.74, 6) is 1.41. The Balaban J connectivity index is 1.64. The number of halogens is 1. The minimum Gasteiger partial charge on any atom is -0.495 e. The van der Waals surface area contributed by atoms with Gasteiger partial charge >= 0.3 is 0 Å². The van der Waals surface area contributed by atoms with Crippen molar-refractivity contribution in [2.24, 2.45) is 10.7 Å². The molecule has 0 radical (unpaired) electrons. The van der Waals surface area contributed by atoms with Gasteiger partial charge in [0, 0.05) is 11.3 Å². The second-order valence-electron chi connectivity index (χ2n) is 5.69. The van der Waals surface area contributed by atoms with Crippen molar-refractivity contribution in [3.8, 4) is 17.2 Å². The molecular weight excluding hydrogens is 352 g/mol. The number of methoxy groups -OCH3 is 1. The number of ether oxygens (including phenoxy) is 1. The van der Waals surface area contributed by atoms with E-state index >= 15 is 0 Å². The van der Waals surface area contributed by atoms with E-state index in [1.54, 1.807) is 31.6 Å². The zero-order valence-corrected chi connectivity index (χ0v) is 15.2. The van der Waals surface area contributed by atoms with E-state index in [1.807, 2.05) is 31.2 Å². The van der Waals surface area contributed by atoms with Crippen LogP contribution in [0.15, 0.2) is 58.1 Å². The molecule has 0 unspecified atom stereocenters. The largest absolute Gasteiger partial charge is 0.495 e. The maximum atomic E-state index is 6.09. The summed E-state index contributed by atoms with van der Waals surface area (Å²) in [6.45, 7) is 2.34. The molecule has 0 aliphatic heterocycles. The van der Waals surface area contributed by atoms with Crippen molar-refractivity contribution in [2.45, 2.75) is 13.5 Å². The fourth-order valence-corrected chi connectivity index (χ4v) is 2.56. The molecule has 0 bridgehead atoms. The van der Waals surface area contributed by atoms with E-state index < -0.39 is 0 Å². The van der Waals surface area contributed by atoms with Gasteiger partial charge in [0.15, 0.2) is 5.96 Å². The van der Waals surface area contributed by atoms with Crippen LogP contribution in [0.3, 0.4) is 0 Å². The third-order valence-electron chi connectivity index (χ3n) is 3.69.